The Morgan fingerprint density at radius 1 is 1.04 bits per heavy atom. The van der Waals surface area contributed by atoms with Crippen LogP contribution in [0.15, 0.2) is 42.5 Å². The molecule has 0 spiro atoms. The Morgan fingerprint density at radius 2 is 1.64 bits per heavy atom. The smallest absolute Gasteiger partial charge is 0.338 e. The van der Waals surface area contributed by atoms with Gasteiger partial charge >= 0.3 is 11.9 Å². The van der Waals surface area contributed by atoms with Gasteiger partial charge in [0.25, 0.3) is 0 Å². The highest BCUT2D eigenvalue weighted by atomic mass is 16.5. The molecule has 5 nitrogen and oxygen atoms in total. The largest absolute Gasteiger partial charge is 0.466 e. The van der Waals surface area contributed by atoms with Crippen LogP contribution in [0.3, 0.4) is 0 Å². The van der Waals surface area contributed by atoms with E-state index in [1.807, 2.05) is 62.3 Å². The number of benzene rings is 2. The molecular formula is C20H23NO4. The summed E-state index contributed by atoms with van der Waals surface area (Å²) in [7, 11) is 6.50. The van der Waals surface area contributed by atoms with Crippen molar-refractivity contribution in [3.8, 4) is 0 Å². The predicted octanol–water partition coefficient (Wildman–Crippen LogP) is 3.19. The fraction of sp³-hybridized carbons (Fsp3) is 0.300. The lowest BCUT2D eigenvalue weighted by Gasteiger charge is -2.24. The van der Waals surface area contributed by atoms with Gasteiger partial charge in [0.1, 0.15) is 0 Å². The van der Waals surface area contributed by atoms with Gasteiger partial charge in [0.2, 0.25) is 0 Å². The van der Waals surface area contributed by atoms with E-state index >= 15 is 0 Å². The van der Waals surface area contributed by atoms with Crippen LogP contribution in [0.4, 0.5) is 0 Å². The van der Waals surface area contributed by atoms with Gasteiger partial charge in [-0.3, -0.25) is 0 Å². The number of nitrogens with zero attached hydrogens (tertiary/aromatic N) is 1. The molecule has 0 amide bonds. The van der Waals surface area contributed by atoms with Crippen molar-refractivity contribution < 1.29 is 19.1 Å². The molecule has 0 aliphatic rings. The Kier molecular flexibility index (Phi) is 5.93. The van der Waals surface area contributed by atoms with Crippen molar-refractivity contribution >= 4 is 28.3 Å². The molecule has 0 bridgehead atoms. The summed E-state index contributed by atoms with van der Waals surface area (Å²) in [4.78, 5) is 26.2. The summed E-state index contributed by atoms with van der Waals surface area (Å²) in [5, 5.41) is 2.05. The standard InChI is InChI=1S/C20H23NO4/c1-13(21(2)3)16-10-14-8-6-7-9-15(14)11-17(16)18(20(23)25-5)12-19(22)24-4/h6-13H,1-5H3/b18-12-/t13-/m0/s1. The van der Waals surface area contributed by atoms with Gasteiger partial charge in [-0.15, -0.1) is 0 Å². The number of rotatable bonds is 5. The van der Waals surface area contributed by atoms with E-state index in [4.69, 9.17) is 9.47 Å². The summed E-state index contributed by atoms with van der Waals surface area (Å²) in [6.07, 6.45) is 1.18. The van der Waals surface area contributed by atoms with E-state index in [2.05, 4.69) is 0 Å². The van der Waals surface area contributed by atoms with Crippen molar-refractivity contribution in [3.05, 3.63) is 53.6 Å². The van der Waals surface area contributed by atoms with Crippen LogP contribution >= 0.6 is 0 Å². The molecule has 2 rings (SSSR count). The zero-order chi connectivity index (χ0) is 18.6. The highest BCUT2D eigenvalue weighted by Crippen LogP contribution is 2.32. The molecule has 1 atom stereocenters. The summed E-state index contributed by atoms with van der Waals surface area (Å²) in [6, 6.07) is 11.9. The Labute approximate surface area is 147 Å². The molecule has 0 saturated heterocycles. The lowest BCUT2D eigenvalue weighted by molar-refractivity contribution is -0.136. The molecular weight excluding hydrogens is 318 g/mol. The molecule has 0 unspecified atom stereocenters. The van der Waals surface area contributed by atoms with Crippen molar-refractivity contribution in [1.29, 1.82) is 0 Å². The van der Waals surface area contributed by atoms with Gasteiger partial charge in [-0.2, -0.15) is 0 Å². The molecule has 25 heavy (non-hydrogen) atoms. The van der Waals surface area contributed by atoms with E-state index in [0.29, 0.717) is 5.56 Å². The molecule has 0 radical (unpaired) electrons. The van der Waals surface area contributed by atoms with E-state index < -0.39 is 11.9 Å². The zero-order valence-corrected chi connectivity index (χ0v) is 15.2. The van der Waals surface area contributed by atoms with Crippen LogP contribution in [0, 0.1) is 0 Å². The van der Waals surface area contributed by atoms with Crippen molar-refractivity contribution in [2.75, 3.05) is 28.3 Å². The molecule has 132 valence electrons. The minimum Gasteiger partial charge on any atom is -0.466 e. The second-order valence-corrected chi connectivity index (χ2v) is 6.00. The molecule has 0 heterocycles. The van der Waals surface area contributed by atoms with Crippen LogP contribution in [-0.2, 0) is 19.1 Å². The number of hydrogen-bond acceptors (Lipinski definition) is 5. The van der Waals surface area contributed by atoms with Crippen LogP contribution < -0.4 is 0 Å². The normalized spacial score (nSPS) is 13.0. The fourth-order valence-corrected chi connectivity index (χ4v) is 2.65. The predicted molar refractivity (Wildman–Crippen MR) is 98.1 cm³/mol. The molecule has 0 fully saturated rings. The van der Waals surface area contributed by atoms with Crippen molar-refractivity contribution in [3.63, 3.8) is 0 Å². The first-order valence-corrected chi connectivity index (χ1v) is 7.96. The summed E-state index contributed by atoms with van der Waals surface area (Å²) in [6.45, 7) is 2.04. The van der Waals surface area contributed by atoms with E-state index in [9.17, 15) is 9.59 Å². The Balaban J connectivity index is 2.78. The second-order valence-electron chi connectivity index (χ2n) is 6.00. The number of ether oxygens (including phenoxy) is 2. The van der Waals surface area contributed by atoms with Gasteiger partial charge in [0.15, 0.2) is 0 Å². The lowest BCUT2D eigenvalue weighted by Crippen LogP contribution is -2.19. The maximum absolute atomic E-state index is 12.3. The number of methoxy groups -OCH3 is 2. The minimum absolute atomic E-state index is 0.0327. The maximum Gasteiger partial charge on any atom is 0.338 e. The van der Waals surface area contributed by atoms with Gasteiger partial charge in [-0.1, -0.05) is 24.3 Å². The third-order valence-electron chi connectivity index (χ3n) is 4.30. The SMILES string of the molecule is COC(=O)/C=C(\C(=O)OC)c1cc2ccccc2cc1[C@H](C)N(C)C. The van der Waals surface area contributed by atoms with E-state index in [1.165, 1.54) is 20.3 Å². The second kappa shape index (κ2) is 7.94. The number of carbonyl (C=O) groups is 2. The monoisotopic (exact) mass is 341 g/mol. The van der Waals surface area contributed by atoms with Crippen molar-refractivity contribution in [2.24, 2.45) is 0 Å². The molecule has 0 aliphatic heterocycles. The van der Waals surface area contributed by atoms with E-state index in [0.717, 1.165) is 16.3 Å². The summed E-state index contributed by atoms with van der Waals surface area (Å²) in [5.74, 6) is -1.18. The van der Waals surface area contributed by atoms with Gasteiger partial charge in [-0.25, -0.2) is 9.59 Å². The number of carbonyl (C=O) groups excluding carboxylic acids is 2. The third kappa shape index (κ3) is 4.06. The van der Waals surface area contributed by atoms with Gasteiger partial charge in [0, 0.05) is 12.1 Å². The van der Waals surface area contributed by atoms with Crippen LogP contribution in [0.1, 0.15) is 24.1 Å². The molecule has 0 N–H and O–H groups in total. The first-order chi connectivity index (χ1) is 11.9. The van der Waals surface area contributed by atoms with Crippen LogP contribution in [-0.4, -0.2) is 45.2 Å². The Hall–Kier alpha value is -2.66. The minimum atomic E-state index is -0.600. The molecule has 0 aliphatic carbocycles. The topological polar surface area (TPSA) is 55.8 Å². The molecule has 0 saturated carbocycles. The number of esters is 2. The summed E-state index contributed by atoms with van der Waals surface area (Å²) < 4.78 is 9.59. The van der Waals surface area contributed by atoms with Gasteiger partial charge in [-0.05, 0) is 55.1 Å². The first kappa shape index (κ1) is 18.7. The zero-order valence-electron chi connectivity index (χ0n) is 15.2. The van der Waals surface area contributed by atoms with Crippen molar-refractivity contribution in [1.82, 2.24) is 4.90 Å². The highest BCUT2D eigenvalue weighted by Gasteiger charge is 2.22. The lowest BCUT2D eigenvalue weighted by atomic mass is 9.91. The van der Waals surface area contributed by atoms with Crippen LogP contribution in [0.5, 0.6) is 0 Å². The fourth-order valence-electron chi connectivity index (χ4n) is 2.65. The van der Waals surface area contributed by atoms with Gasteiger partial charge < -0.3 is 14.4 Å². The van der Waals surface area contributed by atoms with Crippen molar-refractivity contribution in [2.45, 2.75) is 13.0 Å². The highest BCUT2D eigenvalue weighted by molar-refractivity contribution is 6.21. The third-order valence-corrected chi connectivity index (χ3v) is 4.30. The Morgan fingerprint density at radius 3 is 2.16 bits per heavy atom. The number of fused-ring (bicyclic) bond motifs is 1. The molecule has 5 heteroatoms. The van der Waals surface area contributed by atoms with Gasteiger partial charge in [0.05, 0.1) is 19.8 Å². The first-order valence-electron chi connectivity index (χ1n) is 7.96. The quantitative estimate of drug-likeness (QED) is 0.617. The van der Waals surface area contributed by atoms with E-state index in [1.54, 1.807) is 0 Å². The van der Waals surface area contributed by atoms with E-state index in [-0.39, 0.29) is 11.6 Å². The number of hydrogen-bond donors (Lipinski definition) is 0. The molecule has 0 aromatic heterocycles. The summed E-state index contributed by atoms with van der Waals surface area (Å²) >= 11 is 0. The van der Waals surface area contributed by atoms with Crippen LogP contribution in [0.2, 0.25) is 0 Å². The summed E-state index contributed by atoms with van der Waals surface area (Å²) in [5.41, 5.74) is 1.78. The maximum atomic E-state index is 12.3. The molecule has 2 aromatic carbocycles. The average Bonchev–Trinajstić information content (AvgIpc) is 2.63. The van der Waals surface area contributed by atoms with Crippen LogP contribution in [0.25, 0.3) is 16.3 Å². The Bertz CT molecular complexity index is 824. The molecule has 2 aromatic rings. The average molecular weight is 341 g/mol.